The van der Waals surface area contributed by atoms with Crippen molar-refractivity contribution in [3.05, 3.63) is 23.4 Å². The van der Waals surface area contributed by atoms with E-state index < -0.39 is 0 Å². The minimum Gasteiger partial charge on any atom is -0.475 e. The largest absolute Gasteiger partial charge is 0.475 e. The van der Waals surface area contributed by atoms with Gasteiger partial charge in [-0.3, -0.25) is 0 Å². The highest BCUT2D eigenvalue weighted by Crippen LogP contribution is 2.12. The zero-order valence-electron chi connectivity index (χ0n) is 9.15. The Bertz CT molecular complexity index is 331. The number of nitrogens with one attached hydrogen (secondary N) is 1. The molecule has 0 saturated carbocycles. The first kappa shape index (κ1) is 11.6. The van der Waals surface area contributed by atoms with Gasteiger partial charge in [-0.15, -0.1) is 0 Å². The topological polar surface area (TPSA) is 43.4 Å². The van der Waals surface area contributed by atoms with Gasteiger partial charge in [-0.05, 0) is 13.0 Å². The molecule has 0 spiro atoms. The van der Waals surface area contributed by atoms with Crippen molar-refractivity contribution in [3.8, 4) is 5.88 Å². The lowest BCUT2D eigenvalue weighted by molar-refractivity contribution is -0.0476. The molecule has 1 aliphatic heterocycles. The number of pyridine rings is 1. The van der Waals surface area contributed by atoms with Crippen molar-refractivity contribution < 1.29 is 9.47 Å². The van der Waals surface area contributed by atoms with Gasteiger partial charge >= 0.3 is 0 Å². The third-order valence-electron chi connectivity index (χ3n) is 2.35. The van der Waals surface area contributed by atoms with E-state index in [-0.39, 0.29) is 12.2 Å². The predicted octanol–water partition coefficient (Wildman–Crippen LogP) is 1.49. The maximum absolute atomic E-state index is 5.73. The molecule has 0 amide bonds. The van der Waals surface area contributed by atoms with Crippen molar-refractivity contribution >= 4 is 11.6 Å². The van der Waals surface area contributed by atoms with E-state index in [0.29, 0.717) is 17.5 Å². The lowest BCUT2D eigenvalue weighted by Gasteiger charge is -2.28. The summed E-state index contributed by atoms with van der Waals surface area (Å²) in [7, 11) is 0. The number of aromatic nitrogens is 1. The molecule has 2 unspecified atom stereocenters. The van der Waals surface area contributed by atoms with Crippen LogP contribution in [0.25, 0.3) is 0 Å². The van der Waals surface area contributed by atoms with Crippen molar-refractivity contribution in [3.63, 3.8) is 0 Å². The van der Waals surface area contributed by atoms with Gasteiger partial charge in [0.05, 0.1) is 11.1 Å². The molecule has 88 valence electrons. The van der Waals surface area contributed by atoms with E-state index in [1.165, 1.54) is 0 Å². The van der Waals surface area contributed by atoms with Crippen LogP contribution in [0.4, 0.5) is 0 Å². The smallest absolute Gasteiger partial charge is 0.213 e. The molecule has 5 heteroatoms. The normalized spacial score (nSPS) is 25.4. The summed E-state index contributed by atoms with van der Waals surface area (Å²) in [4.78, 5) is 4.05. The first-order valence-electron chi connectivity index (χ1n) is 5.34. The Morgan fingerprint density at radius 1 is 1.56 bits per heavy atom. The van der Waals surface area contributed by atoms with Crippen LogP contribution in [0.1, 0.15) is 6.92 Å². The van der Waals surface area contributed by atoms with Crippen molar-refractivity contribution in [2.75, 3.05) is 19.7 Å². The first-order valence-corrected chi connectivity index (χ1v) is 5.72. The fourth-order valence-electron chi connectivity index (χ4n) is 1.60. The Balaban J connectivity index is 1.80. The molecule has 1 aromatic heterocycles. The summed E-state index contributed by atoms with van der Waals surface area (Å²) >= 11 is 5.73. The average Bonchev–Trinajstić information content (AvgIpc) is 2.28. The zero-order chi connectivity index (χ0) is 11.4. The third-order valence-corrected chi connectivity index (χ3v) is 2.57. The van der Waals surface area contributed by atoms with E-state index >= 15 is 0 Å². The Kier molecular flexibility index (Phi) is 3.98. The third kappa shape index (κ3) is 3.33. The molecule has 0 bridgehead atoms. The van der Waals surface area contributed by atoms with Gasteiger partial charge in [-0.2, -0.15) is 0 Å². The Labute approximate surface area is 99.9 Å². The van der Waals surface area contributed by atoms with E-state index in [1.807, 2.05) is 6.92 Å². The van der Waals surface area contributed by atoms with Crippen LogP contribution in [0, 0.1) is 0 Å². The van der Waals surface area contributed by atoms with E-state index in [0.717, 1.165) is 13.1 Å². The Morgan fingerprint density at radius 3 is 3.12 bits per heavy atom. The highest BCUT2D eigenvalue weighted by atomic mass is 35.5. The molecule has 16 heavy (non-hydrogen) atoms. The molecule has 1 saturated heterocycles. The van der Waals surface area contributed by atoms with Crippen molar-refractivity contribution in [1.82, 2.24) is 10.3 Å². The summed E-state index contributed by atoms with van der Waals surface area (Å²) in [5.41, 5.74) is 0. The molecule has 0 radical (unpaired) electrons. The first-order chi connectivity index (χ1) is 7.74. The molecule has 0 aliphatic carbocycles. The predicted molar refractivity (Wildman–Crippen MR) is 61.9 cm³/mol. The fraction of sp³-hybridized carbons (Fsp3) is 0.545. The fourth-order valence-corrected chi connectivity index (χ4v) is 1.71. The number of morpholine rings is 1. The number of rotatable bonds is 3. The van der Waals surface area contributed by atoms with Gasteiger partial charge in [0, 0.05) is 25.4 Å². The highest BCUT2D eigenvalue weighted by Gasteiger charge is 2.19. The quantitative estimate of drug-likeness (QED) is 0.872. The number of halogens is 1. The van der Waals surface area contributed by atoms with Crippen molar-refractivity contribution in [1.29, 1.82) is 0 Å². The molecule has 1 aromatic rings. The highest BCUT2D eigenvalue weighted by molar-refractivity contribution is 6.30. The molecule has 2 atom stereocenters. The monoisotopic (exact) mass is 242 g/mol. The van der Waals surface area contributed by atoms with Crippen molar-refractivity contribution in [2.24, 2.45) is 0 Å². The summed E-state index contributed by atoms with van der Waals surface area (Å²) in [6.45, 7) is 4.26. The maximum Gasteiger partial charge on any atom is 0.213 e. The van der Waals surface area contributed by atoms with Gasteiger partial charge in [-0.1, -0.05) is 11.6 Å². The summed E-state index contributed by atoms with van der Waals surface area (Å²) in [5, 5.41) is 3.89. The summed E-state index contributed by atoms with van der Waals surface area (Å²) in [6.07, 6.45) is 1.89. The van der Waals surface area contributed by atoms with Gasteiger partial charge in [0.1, 0.15) is 12.7 Å². The summed E-state index contributed by atoms with van der Waals surface area (Å²) in [6, 6.07) is 3.51. The van der Waals surface area contributed by atoms with Crippen LogP contribution < -0.4 is 10.1 Å². The molecule has 4 nitrogen and oxygen atoms in total. The van der Waals surface area contributed by atoms with Crippen LogP contribution in [0.5, 0.6) is 5.88 Å². The molecular formula is C11H15ClN2O2. The van der Waals surface area contributed by atoms with Crippen LogP contribution in [0.2, 0.25) is 5.02 Å². The minimum atomic E-state index is 0.0845. The SMILES string of the molecule is CC1CNCC(COc2ccc(Cl)cn2)O1. The van der Waals surface area contributed by atoms with E-state index in [4.69, 9.17) is 21.1 Å². The Morgan fingerprint density at radius 2 is 2.44 bits per heavy atom. The molecule has 1 fully saturated rings. The average molecular weight is 243 g/mol. The standard InChI is InChI=1S/C11H15ClN2O2/c1-8-4-13-6-10(16-8)7-15-11-3-2-9(12)5-14-11/h2-3,5,8,10,13H,4,6-7H2,1H3. The lowest BCUT2D eigenvalue weighted by Crippen LogP contribution is -2.45. The Hall–Kier alpha value is -0.840. The molecular weight excluding hydrogens is 228 g/mol. The molecule has 1 N–H and O–H groups in total. The second kappa shape index (κ2) is 5.48. The molecule has 0 aromatic carbocycles. The van der Waals surface area contributed by atoms with Crippen LogP contribution in [0.3, 0.4) is 0 Å². The van der Waals surface area contributed by atoms with Crippen LogP contribution in [0.15, 0.2) is 18.3 Å². The van der Waals surface area contributed by atoms with E-state index in [2.05, 4.69) is 10.3 Å². The second-order valence-electron chi connectivity index (χ2n) is 3.85. The number of hydrogen-bond acceptors (Lipinski definition) is 4. The lowest BCUT2D eigenvalue weighted by atomic mass is 10.2. The zero-order valence-corrected chi connectivity index (χ0v) is 9.91. The maximum atomic E-state index is 5.73. The number of nitrogens with zero attached hydrogens (tertiary/aromatic N) is 1. The molecule has 1 aliphatic rings. The molecule has 2 rings (SSSR count). The minimum absolute atomic E-state index is 0.0845. The molecule has 2 heterocycles. The van der Waals surface area contributed by atoms with Crippen LogP contribution >= 0.6 is 11.6 Å². The van der Waals surface area contributed by atoms with Gasteiger partial charge < -0.3 is 14.8 Å². The second-order valence-corrected chi connectivity index (χ2v) is 4.29. The van der Waals surface area contributed by atoms with Gasteiger partial charge in [-0.25, -0.2) is 4.98 Å². The van der Waals surface area contributed by atoms with Crippen LogP contribution in [-0.4, -0.2) is 36.9 Å². The van der Waals surface area contributed by atoms with Gasteiger partial charge in [0.2, 0.25) is 5.88 Å². The summed E-state index contributed by atoms with van der Waals surface area (Å²) < 4.78 is 11.2. The number of ether oxygens (including phenoxy) is 2. The van der Waals surface area contributed by atoms with E-state index in [1.54, 1.807) is 18.3 Å². The summed E-state index contributed by atoms with van der Waals surface area (Å²) in [5.74, 6) is 0.575. The van der Waals surface area contributed by atoms with E-state index in [9.17, 15) is 0 Å². The number of hydrogen-bond donors (Lipinski definition) is 1. The van der Waals surface area contributed by atoms with Gasteiger partial charge in [0.15, 0.2) is 0 Å². The van der Waals surface area contributed by atoms with Crippen LogP contribution in [-0.2, 0) is 4.74 Å². The van der Waals surface area contributed by atoms with Gasteiger partial charge in [0.25, 0.3) is 0 Å². The van der Waals surface area contributed by atoms with Crippen molar-refractivity contribution in [2.45, 2.75) is 19.1 Å².